The lowest BCUT2D eigenvalue weighted by Crippen LogP contribution is -2.44. The first-order chi connectivity index (χ1) is 15.5. The molecule has 3 aliphatic rings. The van der Waals surface area contributed by atoms with Gasteiger partial charge in [0.2, 0.25) is 11.8 Å². The number of fused-ring (bicyclic) bond motifs is 1. The summed E-state index contributed by atoms with van der Waals surface area (Å²) in [4.78, 5) is 26.2. The number of alkyl halides is 1. The predicted molar refractivity (Wildman–Crippen MR) is 120 cm³/mol. The van der Waals surface area contributed by atoms with Crippen LogP contribution < -0.4 is 10.6 Å². The molecule has 8 heteroatoms. The molecule has 2 aromatic rings. The largest absolute Gasteiger partial charge is 0.317 e. The monoisotopic (exact) mass is 441 g/mol. The minimum atomic E-state index is -0.884. The van der Waals surface area contributed by atoms with Crippen LogP contribution in [0, 0.1) is 5.92 Å². The van der Waals surface area contributed by atoms with E-state index in [9.17, 15) is 9.59 Å². The van der Waals surface area contributed by atoms with Gasteiger partial charge in [-0.2, -0.15) is 5.10 Å². The van der Waals surface area contributed by atoms with Crippen LogP contribution in [-0.4, -0.2) is 65.4 Å². The van der Waals surface area contributed by atoms with Crippen LogP contribution in [-0.2, 0) is 16.6 Å². The third-order valence-corrected chi connectivity index (χ3v) is 7.50. The second-order valence-electron chi connectivity index (χ2n) is 9.65. The smallest absolute Gasteiger partial charge is 0.235 e. The number of halogens is 1. The van der Waals surface area contributed by atoms with Crippen LogP contribution in [0.2, 0.25) is 0 Å². The summed E-state index contributed by atoms with van der Waals surface area (Å²) in [6, 6.07) is 6.02. The van der Waals surface area contributed by atoms with Gasteiger partial charge in [-0.15, -0.1) is 0 Å². The zero-order chi connectivity index (χ0) is 22.2. The third kappa shape index (κ3) is 4.18. The Morgan fingerprint density at radius 2 is 1.97 bits per heavy atom. The van der Waals surface area contributed by atoms with Gasteiger partial charge < -0.3 is 10.2 Å². The van der Waals surface area contributed by atoms with E-state index < -0.39 is 12.1 Å². The van der Waals surface area contributed by atoms with Gasteiger partial charge in [-0.25, -0.2) is 4.39 Å². The molecule has 5 rings (SSSR count). The van der Waals surface area contributed by atoms with E-state index in [4.69, 9.17) is 0 Å². The van der Waals surface area contributed by atoms with E-state index in [0.29, 0.717) is 31.0 Å². The Kier molecular flexibility index (Phi) is 5.99. The number of nitrogens with zero attached hydrogens (tertiary/aromatic N) is 3. The molecule has 7 nitrogen and oxygen atoms in total. The summed E-state index contributed by atoms with van der Waals surface area (Å²) in [5.41, 5.74) is 2.61. The average Bonchev–Trinajstić information content (AvgIpc) is 3.10. The van der Waals surface area contributed by atoms with Crippen LogP contribution in [0.1, 0.15) is 55.2 Å². The fourth-order valence-electron chi connectivity index (χ4n) is 5.68. The van der Waals surface area contributed by atoms with Gasteiger partial charge in [0.1, 0.15) is 6.17 Å². The molecule has 172 valence electrons. The number of imide groups is 1. The van der Waals surface area contributed by atoms with Crippen molar-refractivity contribution in [3.63, 3.8) is 0 Å². The van der Waals surface area contributed by atoms with Crippen molar-refractivity contribution in [2.45, 2.75) is 50.1 Å². The molecule has 1 unspecified atom stereocenters. The molecular formula is C24H32FN5O2. The molecule has 3 aliphatic heterocycles. The van der Waals surface area contributed by atoms with Crippen molar-refractivity contribution in [3.05, 3.63) is 29.5 Å². The number of rotatable bonds is 4. The Morgan fingerprint density at radius 1 is 1.16 bits per heavy atom. The fourth-order valence-corrected chi connectivity index (χ4v) is 5.68. The maximum atomic E-state index is 15.3. The highest BCUT2D eigenvalue weighted by Gasteiger charge is 2.34. The molecule has 4 heterocycles. The molecule has 2 amide bonds. The summed E-state index contributed by atoms with van der Waals surface area (Å²) in [5, 5.41) is 11.3. The highest BCUT2D eigenvalue weighted by Crippen LogP contribution is 2.35. The molecular weight excluding hydrogens is 409 g/mol. The molecule has 3 saturated heterocycles. The zero-order valence-electron chi connectivity index (χ0n) is 18.6. The normalized spacial score (nSPS) is 28.2. The molecule has 0 saturated carbocycles. The number of hydrogen-bond donors (Lipinski definition) is 2. The first-order valence-corrected chi connectivity index (χ1v) is 11.9. The summed E-state index contributed by atoms with van der Waals surface area (Å²) >= 11 is 0. The predicted octanol–water partition coefficient (Wildman–Crippen LogP) is 2.22. The fraction of sp³-hybridized carbons (Fsp3) is 0.625. The van der Waals surface area contributed by atoms with Gasteiger partial charge >= 0.3 is 0 Å². The van der Waals surface area contributed by atoms with E-state index in [1.54, 1.807) is 4.68 Å². The lowest BCUT2D eigenvalue weighted by molar-refractivity contribution is -0.134. The summed E-state index contributed by atoms with van der Waals surface area (Å²) < 4.78 is 17.0. The van der Waals surface area contributed by atoms with Crippen LogP contribution >= 0.6 is 0 Å². The van der Waals surface area contributed by atoms with Gasteiger partial charge in [0.15, 0.2) is 0 Å². The molecule has 3 atom stereocenters. The lowest BCUT2D eigenvalue weighted by Gasteiger charge is -2.37. The first kappa shape index (κ1) is 21.5. The van der Waals surface area contributed by atoms with E-state index in [-0.39, 0.29) is 17.7 Å². The Labute approximate surface area is 187 Å². The minimum absolute atomic E-state index is 0.113. The SMILES string of the molecule is Cn1nc(C2CCC(=O)NC2=O)c2ccc([C@@H]3CCN(CC4CCNCC4)C[C@@H]3F)cc21. The topological polar surface area (TPSA) is 79.3 Å². The minimum Gasteiger partial charge on any atom is -0.317 e. The second-order valence-corrected chi connectivity index (χ2v) is 9.65. The van der Waals surface area contributed by atoms with Crippen molar-refractivity contribution in [3.8, 4) is 0 Å². The Balaban J connectivity index is 1.31. The van der Waals surface area contributed by atoms with E-state index in [0.717, 1.165) is 49.1 Å². The maximum Gasteiger partial charge on any atom is 0.235 e. The summed E-state index contributed by atoms with van der Waals surface area (Å²) in [6.07, 6.45) is 3.10. The number of carbonyl (C=O) groups excluding carboxylic acids is 2. The van der Waals surface area contributed by atoms with Gasteiger partial charge in [0.05, 0.1) is 17.1 Å². The van der Waals surface area contributed by atoms with Crippen LogP contribution in [0.3, 0.4) is 0 Å². The molecule has 3 fully saturated rings. The van der Waals surface area contributed by atoms with E-state index in [1.807, 2.05) is 25.2 Å². The Morgan fingerprint density at radius 3 is 2.72 bits per heavy atom. The van der Waals surface area contributed by atoms with Gasteiger partial charge in [0, 0.05) is 37.9 Å². The zero-order valence-corrected chi connectivity index (χ0v) is 18.6. The maximum absolute atomic E-state index is 15.3. The van der Waals surface area contributed by atoms with Crippen molar-refractivity contribution in [2.75, 3.05) is 32.7 Å². The lowest BCUT2D eigenvalue weighted by atomic mass is 9.86. The number of benzene rings is 1. The number of aryl methyl sites for hydroxylation is 1. The number of aromatic nitrogens is 2. The van der Waals surface area contributed by atoms with Crippen LogP contribution in [0.4, 0.5) is 4.39 Å². The quantitative estimate of drug-likeness (QED) is 0.712. The molecule has 1 aromatic carbocycles. The molecule has 1 aromatic heterocycles. The Bertz CT molecular complexity index is 1020. The molecule has 32 heavy (non-hydrogen) atoms. The van der Waals surface area contributed by atoms with Gasteiger partial charge in [-0.1, -0.05) is 12.1 Å². The van der Waals surface area contributed by atoms with Crippen molar-refractivity contribution in [2.24, 2.45) is 13.0 Å². The number of carbonyl (C=O) groups is 2. The van der Waals surface area contributed by atoms with E-state index in [2.05, 4.69) is 20.6 Å². The van der Waals surface area contributed by atoms with Crippen LogP contribution in [0.5, 0.6) is 0 Å². The third-order valence-electron chi connectivity index (χ3n) is 7.50. The molecule has 0 radical (unpaired) electrons. The summed E-state index contributed by atoms with van der Waals surface area (Å²) in [5.74, 6) is -0.368. The van der Waals surface area contributed by atoms with Crippen molar-refractivity contribution in [1.82, 2.24) is 25.3 Å². The second kappa shape index (κ2) is 8.90. The Hall–Kier alpha value is -2.32. The summed E-state index contributed by atoms with van der Waals surface area (Å²) in [7, 11) is 1.86. The highest BCUT2D eigenvalue weighted by atomic mass is 19.1. The number of nitrogens with one attached hydrogen (secondary N) is 2. The molecule has 0 aliphatic carbocycles. The molecule has 0 spiro atoms. The number of amides is 2. The van der Waals surface area contributed by atoms with Gasteiger partial charge in [-0.3, -0.25) is 19.6 Å². The van der Waals surface area contributed by atoms with Crippen molar-refractivity contribution in [1.29, 1.82) is 0 Å². The number of hydrogen-bond acceptors (Lipinski definition) is 5. The van der Waals surface area contributed by atoms with Crippen molar-refractivity contribution >= 4 is 22.7 Å². The van der Waals surface area contributed by atoms with E-state index in [1.165, 1.54) is 12.8 Å². The van der Waals surface area contributed by atoms with E-state index >= 15 is 4.39 Å². The summed E-state index contributed by atoms with van der Waals surface area (Å²) in [6.45, 7) is 4.59. The average molecular weight is 442 g/mol. The number of likely N-dealkylation sites (tertiary alicyclic amines) is 1. The highest BCUT2D eigenvalue weighted by molar-refractivity contribution is 6.02. The standard InChI is InChI=1S/C24H32FN5O2/c1-29-21-12-16(2-3-18(21)23(28-29)19-4-5-22(31)27-24(19)32)17-8-11-30(14-20(17)25)13-15-6-9-26-10-7-15/h2-3,12,15,17,19-20,26H,4-11,13-14H2,1H3,(H,27,31,32)/t17-,19?,20-/m0/s1. The van der Waals surface area contributed by atoms with Crippen LogP contribution in [0.25, 0.3) is 10.9 Å². The van der Waals surface area contributed by atoms with Crippen molar-refractivity contribution < 1.29 is 14.0 Å². The number of piperidine rings is 3. The molecule has 2 N–H and O–H groups in total. The first-order valence-electron chi connectivity index (χ1n) is 11.9. The van der Waals surface area contributed by atoms with Crippen LogP contribution in [0.15, 0.2) is 18.2 Å². The van der Waals surface area contributed by atoms with Gasteiger partial charge in [-0.05, 0) is 62.9 Å². The van der Waals surface area contributed by atoms with Gasteiger partial charge in [0.25, 0.3) is 0 Å². The molecule has 0 bridgehead atoms.